The Bertz CT molecular complexity index is 117. The SMILES string of the molecule is C#CCOC(CI)CCCC. The zero-order valence-electron chi connectivity index (χ0n) is 6.98. The second-order valence-electron chi connectivity index (χ2n) is 2.43. The summed E-state index contributed by atoms with van der Waals surface area (Å²) in [7, 11) is 0. The number of rotatable bonds is 6. The van der Waals surface area contributed by atoms with E-state index in [0.717, 1.165) is 10.8 Å². The predicted molar refractivity (Wildman–Crippen MR) is 57.0 cm³/mol. The van der Waals surface area contributed by atoms with Crippen LogP contribution in [0.2, 0.25) is 0 Å². The van der Waals surface area contributed by atoms with E-state index >= 15 is 0 Å². The molecule has 1 unspecified atom stereocenters. The van der Waals surface area contributed by atoms with Gasteiger partial charge in [-0.2, -0.15) is 0 Å². The van der Waals surface area contributed by atoms with Crippen molar-refractivity contribution in [2.45, 2.75) is 32.3 Å². The lowest BCUT2D eigenvalue weighted by Crippen LogP contribution is -2.14. The first-order valence-corrected chi connectivity index (χ1v) is 5.48. The summed E-state index contributed by atoms with van der Waals surface area (Å²) in [5.41, 5.74) is 0. The summed E-state index contributed by atoms with van der Waals surface area (Å²) in [5.74, 6) is 2.48. The van der Waals surface area contributed by atoms with Gasteiger partial charge < -0.3 is 4.74 Å². The Morgan fingerprint density at radius 1 is 1.64 bits per heavy atom. The van der Waals surface area contributed by atoms with Crippen molar-refractivity contribution < 1.29 is 4.74 Å². The van der Waals surface area contributed by atoms with Crippen LogP contribution in [0.15, 0.2) is 0 Å². The van der Waals surface area contributed by atoms with Crippen molar-refractivity contribution in [1.29, 1.82) is 0 Å². The van der Waals surface area contributed by atoms with E-state index in [0.29, 0.717) is 12.7 Å². The topological polar surface area (TPSA) is 9.23 Å². The first-order valence-electron chi connectivity index (χ1n) is 3.96. The molecule has 0 rings (SSSR count). The van der Waals surface area contributed by atoms with Crippen LogP contribution in [0.1, 0.15) is 26.2 Å². The summed E-state index contributed by atoms with van der Waals surface area (Å²) in [6, 6.07) is 0. The average molecular weight is 266 g/mol. The molecule has 2 heteroatoms. The molecule has 0 saturated heterocycles. The summed E-state index contributed by atoms with van der Waals surface area (Å²) in [5, 5.41) is 0. The van der Waals surface area contributed by atoms with Crippen molar-refractivity contribution in [1.82, 2.24) is 0 Å². The van der Waals surface area contributed by atoms with Gasteiger partial charge in [0.05, 0.1) is 6.10 Å². The van der Waals surface area contributed by atoms with Crippen molar-refractivity contribution in [2.75, 3.05) is 11.0 Å². The van der Waals surface area contributed by atoms with E-state index in [9.17, 15) is 0 Å². The van der Waals surface area contributed by atoms with E-state index in [4.69, 9.17) is 11.2 Å². The minimum absolute atomic E-state index is 0.367. The minimum Gasteiger partial charge on any atom is -0.365 e. The Balaban J connectivity index is 3.34. The van der Waals surface area contributed by atoms with Gasteiger partial charge in [0, 0.05) is 4.43 Å². The number of terminal acetylenes is 1. The number of hydrogen-bond acceptors (Lipinski definition) is 1. The van der Waals surface area contributed by atoms with Gasteiger partial charge in [-0.15, -0.1) is 6.42 Å². The number of halogens is 1. The van der Waals surface area contributed by atoms with Gasteiger partial charge in [0.25, 0.3) is 0 Å². The average Bonchev–Trinajstić information content (AvgIpc) is 2.05. The van der Waals surface area contributed by atoms with Crippen LogP contribution in [0.25, 0.3) is 0 Å². The van der Waals surface area contributed by atoms with Crippen LogP contribution >= 0.6 is 22.6 Å². The number of hydrogen-bond donors (Lipinski definition) is 0. The molecule has 11 heavy (non-hydrogen) atoms. The third-order valence-electron chi connectivity index (χ3n) is 1.45. The molecule has 1 nitrogen and oxygen atoms in total. The van der Waals surface area contributed by atoms with Gasteiger partial charge in [0.15, 0.2) is 0 Å². The van der Waals surface area contributed by atoms with Crippen molar-refractivity contribution in [2.24, 2.45) is 0 Å². The number of ether oxygens (including phenoxy) is 1. The molecule has 0 saturated carbocycles. The van der Waals surface area contributed by atoms with Gasteiger partial charge in [0.2, 0.25) is 0 Å². The molecule has 0 bridgehead atoms. The molecule has 0 aromatic heterocycles. The molecule has 0 aliphatic rings. The Kier molecular flexibility index (Phi) is 8.54. The van der Waals surface area contributed by atoms with E-state index < -0.39 is 0 Å². The highest BCUT2D eigenvalue weighted by Gasteiger charge is 2.04. The monoisotopic (exact) mass is 266 g/mol. The molecule has 0 N–H and O–H groups in total. The highest BCUT2D eigenvalue weighted by molar-refractivity contribution is 14.1. The lowest BCUT2D eigenvalue weighted by molar-refractivity contribution is 0.0895. The van der Waals surface area contributed by atoms with Crippen LogP contribution in [0.5, 0.6) is 0 Å². The maximum absolute atomic E-state index is 5.40. The van der Waals surface area contributed by atoms with E-state index in [2.05, 4.69) is 35.4 Å². The summed E-state index contributed by atoms with van der Waals surface area (Å²) in [4.78, 5) is 0. The molecule has 0 fully saturated rings. The Labute approximate surface area is 83.0 Å². The zero-order chi connectivity index (χ0) is 8.53. The molecule has 0 radical (unpaired) electrons. The van der Waals surface area contributed by atoms with E-state index in [-0.39, 0.29) is 0 Å². The van der Waals surface area contributed by atoms with Crippen LogP contribution in [0.4, 0.5) is 0 Å². The smallest absolute Gasteiger partial charge is 0.107 e. The van der Waals surface area contributed by atoms with Crippen molar-refractivity contribution >= 4 is 22.6 Å². The van der Waals surface area contributed by atoms with E-state index in [1.54, 1.807) is 0 Å². The zero-order valence-corrected chi connectivity index (χ0v) is 9.13. The lowest BCUT2D eigenvalue weighted by atomic mass is 10.2. The Morgan fingerprint density at radius 2 is 2.36 bits per heavy atom. The van der Waals surface area contributed by atoms with Crippen LogP contribution in [-0.4, -0.2) is 17.1 Å². The normalized spacial score (nSPS) is 12.5. The maximum Gasteiger partial charge on any atom is 0.107 e. The highest BCUT2D eigenvalue weighted by Crippen LogP contribution is 2.07. The largest absolute Gasteiger partial charge is 0.365 e. The second kappa shape index (κ2) is 8.35. The lowest BCUT2D eigenvalue weighted by Gasteiger charge is -2.12. The van der Waals surface area contributed by atoms with Crippen molar-refractivity contribution in [3.63, 3.8) is 0 Å². The third kappa shape index (κ3) is 6.64. The van der Waals surface area contributed by atoms with Crippen LogP contribution in [0.3, 0.4) is 0 Å². The first kappa shape index (κ1) is 11.2. The van der Waals surface area contributed by atoms with Gasteiger partial charge in [-0.25, -0.2) is 0 Å². The predicted octanol–water partition coefficient (Wildman–Crippen LogP) is 2.63. The Hall–Kier alpha value is 0.250. The molecule has 0 aromatic rings. The molecule has 64 valence electrons. The van der Waals surface area contributed by atoms with Gasteiger partial charge in [-0.3, -0.25) is 0 Å². The fourth-order valence-electron chi connectivity index (χ4n) is 0.803. The van der Waals surface area contributed by atoms with Gasteiger partial charge in [-0.1, -0.05) is 48.3 Å². The van der Waals surface area contributed by atoms with Gasteiger partial charge in [-0.05, 0) is 6.42 Å². The number of unbranched alkanes of at least 4 members (excludes halogenated alkanes) is 1. The fraction of sp³-hybridized carbons (Fsp3) is 0.778. The molecule has 0 amide bonds. The first-order chi connectivity index (χ1) is 5.35. The summed E-state index contributed by atoms with van der Waals surface area (Å²) >= 11 is 2.34. The van der Waals surface area contributed by atoms with Crippen molar-refractivity contribution in [3.8, 4) is 12.3 Å². The van der Waals surface area contributed by atoms with Gasteiger partial charge in [0.1, 0.15) is 6.61 Å². The molecule has 0 spiro atoms. The van der Waals surface area contributed by atoms with Crippen molar-refractivity contribution in [3.05, 3.63) is 0 Å². The third-order valence-corrected chi connectivity index (χ3v) is 2.44. The van der Waals surface area contributed by atoms with Crippen LogP contribution in [-0.2, 0) is 4.74 Å². The standard InChI is InChI=1S/C9H15IO/c1-3-5-6-9(8-10)11-7-4-2/h2,9H,3,5-8H2,1H3. The van der Waals surface area contributed by atoms with E-state index in [1.807, 2.05) is 0 Å². The highest BCUT2D eigenvalue weighted by atomic mass is 127. The molecule has 0 aliphatic heterocycles. The molecular formula is C9H15IO. The quantitative estimate of drug-likeness (QED) is 0.408. The maximum atomic E-state index is 5.40. The Morgan fingerprint density at radius 3 is 2.82 bits per heavy atom. The second-order valence-corrected chi connectivity index (χ2v) is 3.31. The van der Waals surface area contributed by atoms with Crippen LogP contribution < -0.4 is 0 Å². The number of alkyl halides is 1. The van der Waals surface area contributed by atoms with Crippen LogP contribution in [0, 0.1) is 12.3 Å². The summed E-state index contributed by atoms with van der Waals surface area (Å²) in [6.07, 6.45) is 9.05. The molecule has 0 heterocycles. The van der Waals surface area contributed by atoms with Gasteiger partial charge >= 0.3 is 0 Å². The molecule has 0 aromatic carbocycles. The summed E-state index contributed by atoms with van der Waals surface area (Å²) in [6.45, 7) is 2.64. The minimum atomic E-state index is 0.367. The summed E-state index contributed by atoms with van der Waals surface area (Å²) < 4.78 is 6.44. The molecule has 1 atom stereocenters. The molecular weight excluding hydrogens is 251 g/mol. The van der Waals surface area contributed by atoms with E-state index in [1.165, 1.54) is 12.8 Å². The molecule has 0 aliphatic carbocycles. The fourth-order valence-corrected chi connectivity index (χ4v) is 1.50.